The third-order valence-corrected chi connectivity index (χ3v) is 6.26. The van der Waals surface area contributed by atoms with E-state index in [0.717, 1.165) is 42.6 Å². The van der Waals surface area contributed by atoms with Crippen molar-refractivity contribution < 1.29 is 0 Å². The van der Waals surface area contributed by atoms with E-state index in [1.165, 1.54) is 24.1 Å². The molecule has 0 amide bonds. The van der Waals surface area contributed by atoms with Crippen LogP contribution in [0.1, 0.15) is 37.4 Å². The highest BCUT2D eigenvalue weighted by molar-refractivity contribution is 5.22. The van der Waals surface area contributed by atoms with Crippen molar-refractivity contribution >= 4 is 0 Å². The van der Waals surface area contributed by atoms with Crippen molar-refractivity contribution in [1.29, 1.82) is 0 Å². The van der Waals surface area contributed by atoms with Crippen molar-refractivity contribution in [3.63, 3.8) is 0 Å². The molecule has 1 N–H and O–H groups in total. The summed E-state index contributed by atoms with van der Waals surface area (Å²) in [5.41, 5.74) is 2.65. The lowest BCUT2D eigenvalue weighted by Crippen LogP contribution is -2.35. The van der Waals surface area contributed by atoms with Gasteiger partial charge in [-0.25, -0.2) is 0 Å². The third-order valence-electron chi connectivity index (χ3n) is 6.26. The normalized spacial score (nSPS) is 38.8. The molecule has 3 saturated carbocycles. The summed E-state index contributed by atoms with van der Waals surface area (Å²) in [4.78, 5) is 4.62. The summed E-state index contributed by atoms with van der Waals surface area (Å²) in [5.74, 6) is 5.20. The number of rotatable bonds is 5. The molecule has 108 valence electrons. The average Bonchev–Trinajstić information content (AvgIpc) is 2.88. The Bertz CT molecular complexity index is 482. The molecule has 1 aromatic heterocycles. The van der Waals surface area contributed by atoms with Crippen molar-refractivity contribution in [2.75, 3.05) is 6.54 Å². The van der Waals surface area contributed by atoms with Crippen LogP contribution in [0.15, 0.2) is 18.3 Å². The summed E-state index contributed by atoms with van der Waals surface area (Å²) in [6, 6.07) is 4.91. The number of hydrogen-bond donors (Lipinski definition) is 1. The highest BCUT2D eigenvalue weighted by atomic mass is 15.0. The zero-order valence-electron chi connectivity index (χ0n) is 12.7. The number of nitrogens with zero attached hydrogens (tertiary/aromatic N) is 1. The van der Waals surface area contributed by atoms with Crippen LogP contribution < -0.4 is 5.32 Å². The molecule has 5 unspecified atom stereocenters. The fourth-order valence-electron chi connectivity index (χ4n) is 5.48. The van der Waals surface area contributed by atoms with Crippen LogP contribution in [0.3, 0.4) is 0 Å². The fourth-order valence-corrected chi connectivity index (χ4v) is 5.48. The van der Waals surface area contributed by atoms with Gasteiger partial charge in [0.1, 0.15) is 0 Å². The minimum Gasteiger partial charge on any atom is -0.314 e. The van der Waals surface area contributed by atoms with Crippen molar-refractivity contribution in [2.24, 2.45) is 29.6 Å². The van der Waals surface area contributed by atoms with Crippen LogP contribution in [0.2, 0.25) is 0 Å². The molecular weight excluding hydrogens is 244 g/mol. The van der Waals surface area contributed by atoms with Crippen LogP contribution >= 0.6 is 0 Å². The van der Waals surface area contributed by atoms with Crippen LogP contribution in [0, 0.1) is 36.5 Å². The molecule has 3 fully saturated rings. The molecule has 3 aliphatic rings. The van der Waals surface area contributed by atoms with E-state index in [1.807, 2.05) is 12.3 Å². The first-order valence-corrected chi connectivity index (χ1v) is 8.43. The minimum absolute atomic E-state index is 0.659. The second-order valence-corrected chi connectivity index (χ2v) is 7.20. The minimum atomic E-state index is 0.659. The van der Waals surface area contributed by atoms with Gasteiger partial charge >= 0.3 is 0 Å². The Morgan fingerprint density at radius 1 is 1.30 bits per heavy atom. The lowest BCUT2D eigenvalue weighted by atomic mass is 9.94. The Morgan fingerprint density at radius 2 is 2.05 bits per heavy atom. The first-order valence-electron chi connectivity index (χ1n) is 8.43. The monoisotopic (exact) mass is 270 g/mol. The van der Waals surface area contributed by atoms with Gasteiger partial charge in [0.25, 0.3) is 0 Å². The molecule has 0 radical (unpaired) electrons. The van der Waals surface area contributed by atoms with Crippen molar-refractivity contribution in [1.82, 2.24) is 10.3 Å². The number of nitrogens with one attached hydrogen (secondary N) is 1. The Labute approximate surface area is 122 Å². The Kier molecular flexibility index (Phi) is 3.10. The topological polar surface area (TPSA) is 24.9 Å². The molecule has 0 aromatic carbocycles. The smallest absolute Gasteiger partial charge is 0.0448 e. The van der Waals surface area contributed by atoms with Gasteiger partial charge in [0.05, 0.1) is 0 Å². The second kappa shape index (κ2) is 4.84. The van der Waals surface area contributed by atoms with Crippen LogP contribution in [0.25, 0.3) is 0 Å². The van der Waals surface area contributed by atoms with Gasteiger partial charge < -0.3 is 5.32 Å². The highest BCUT2D eigenvalue weighted by Crippen LogP contribution is 2.70. The summed E-state index contributed by atoms with van der Waals surface area (Å²) in [6.45, 7) is 5.52. The van der Waals surface area contributed by atoms with E-state index in [0.29, 0.717) is 6.04 Å². The first-order chi connectivity index (χ1) is 9.79. The number of aryl methyl sites for hydroxylation is 1. The van der Waals surface area contributed by atoms with Gasteiger partial charge in [-0.2, -0.15) is 0 Å². The van der Waals surface area contributed by atoms with E-state index < -0.39 is 0 Å². The van der Waals surface area contributed by atoms with Gasteiger partial charge in [-0.3, -0.25) is 4.98 Å². The fraction of sp³-hybridized carbons (Fsp3) is 0.722. The number of hydrogen-bond acceptors (Lipinski definition) is 2. The maximum atomic E-state index is 4.62. The molecule has 3 aliphatic carbocycles. The summed E-state index contributed by atoms with van der Waals surface area (Å²) in [7, 11) is 0. The second-order valence-electron chi connectivity index (χ2n) is 7.20. The molecule has 2 heteroatoms. The van der Waals surface area contributed by atoms with E-state index in [1.54, 1.807) is 6.42 Å². The van der Waals surface area contributed by atoms with Crippen LogP contribution in [-0.2, 0) is 6.42 Å². The Balaban J connectivity index is 1.50. The molecule has 2 bridgehead atoms. The van der Waals surface area contributed by atoms with Crippen LogP contribution in [0.4, 0.5) is 0 Å². The van der Waals surface area contributed by atoms with Gasteiger partial charge in [-0.15, -0.1) is 0 Å². The largest absolute Gasteiger partial charge is 0.314 e. The zero-order chi connectivity index (χ0) is 13.7. The van der Waals surface area contributed by atoms with Crippen LogP contribution in [0.5, 0.6) is 0 Å². The predicted octanol–water partition coefficient (Wildman–Crippen LogP) is 3.20. The van der Waals surface area contributed by atoms with E-state index >= 15 is 0 Å². The maximum absolute atomic E-state index is 4.62. The molecule has 0 aliphatic heterocycles. The summed E-state index contributed by atoms with van der Waals surface area (Å²) in [6.07, 6.45) is 7.65. The molecular formula is C18H26N2. The maximum Gasteiger partial charge on any atom is 0.0448 e. The lowest BCUT2D eigenvalue weighted by molar-refractivity contribution is 0.363. The van der Waals surface area contributed by atoms with Crippen molar-refractivity contribution in [2.45, 2.75) is 45.6 Å². The molecule has 2 nitrogen and oxygen atoms in total. The standard InChI is InChI=1S/C18H26N2/c1-3-19-15(10-14-11(2)5-4-8-20-14)18-16-12-6-7-13(9-12)17(16)18/h4-5,8,12-13,15-19H,3,6-7,9-10H2,1-2H3. The lowest BCUT2D eigenvalue weighted by Gasteiger charge is -2.22. The van der Waals surface area contributed by atoms with E-state index in [9.17, 15) is 0 Å². The third kappa shape index (κ3) is 1.92. The highest BCUT2D eigenvalue weighted by Gasteiger charge is 2.66. The first kappa shape index (κ1) is 12.8. The molecule has 0 spiro atoms. The van der Waals surface area contributed by atoms with Crippen LogP contribution in [-0.4, -0.2) is 17.6 Å². The number of fused-ring (bicyclic) bond motifs is 5. The Morgan fingerprint density at radius 3 is 2.70 bits per heavy atom. The summed E-state index contributed by atoms with van der Waals surface area (Å²) < 4.78 is 0. The quantitative estimate of drug-likeness (QED) is 0.888. The number of aromatic nitrogens is 1. The summed E-state index contributed by atoms with van der Waals surface area (Å²) in [5, 5.41) is 3.78. The van der Waals surface area contributed by atoms with Gasteiger partial charge in [-0.1, -0.05) is 13.0 Å². The van der Waals surface area contributed by atoms with Crippen molar-refractivity contribution in [3.8, 4) is 0 Å². The Hall–Kier alpha value is -0.890. The summed E-state index contributed by atoms with van der Waals surface area (Å²) >= 11 is 0. The van der Waals surface area contributed by atoms with E-state index in [2.05, 4.69) is 30.2 Å². The van der Waals surface area contributed by atoms with Gasteiger partial charge in [0.15, 0.2) is 0 Å². The number of pyridine rings is 1. The van der Waals surface area contributed by atoms with E-state index in [4.69, 9.17) is 0 Å². The molecule has 0 saturated heterocycles. The van der Waals surface area contributed by atoms with Gasteiger partial charge in [-0.05, 0) is 74.0 Å². The predicted molar refractivity (Wildman–Crippen MR) is 81.4 cm³/mol. The van der Waals surface area contributed by atoms with E-state index in [-0.39, 0.29) is 0 Å². The molecule has 5 atom stereocenters. The molecule has 1 aromatic rings. The average molecular weight is 270 g/mol. The van der Waals surface area contributed by atoms with Gasteiger partial charge in [0.2, 0.25) is 0 Å². The SMILES string of the molecule is CCNC(Cc1ncccc1C)C1C2C3CCC(C3)C21. The molecule has 4 rings (SSSR count). The van der Waals surface area contributed by atoms with Crippen molar-refractivity contribution in [3.05, 3.63) is 29.6 Å². The molecule has 20 heavy (non-hydrogen) atoms. The molecule has 1 heterocycles. The zero-order valence-corrected chi connectivity index (χ0v) is 12.7. The number of likely N-dealkylation sites (N-methyl/N-ethyl adjacent to an activating group) is 1. The van der Waals surface area contributed by atoms with Gasteiger partial charge in [0, 0.05) is 24.4 Å².